The summed E-state index contributed by atoms with van der Waals surface area (Å²) in [6.45, 7) is 3.54. The fourth-order valence-electron chi connectivity index (χ4n) is 5.20. The van der Waals surface area contributed by atoms with Crippen molar-refractivity contribution in [1.82, 2.24) is 4.90 Å². The Kier molecular flexibility index (Phi) is 8.36. The number of halogens is 3. The molecule has 2 fully saturated rings. The van der Waals surface area contributed by atoms with Crippen molar-refractivity contribution in [3.8, 4) is 0 Å². The van der Waals surface area contributed by atoms with E-state index in [0.717, 1.165) is 25.0 Å². The third kappa shape index (κ3) is 7.00. The van der Waals surface area contributed by atoms with E-state index in [9.17, 15) is 28.1 Å². The van der Waals surface area contributed by atoms with Crippen molar-refractivity contribution in [1.29, 1.82) is 0 Å². The van der Waals surface area contributed by atoms with E-state index in [1.54, 1.807) is 0 Å². The van der Waals surface area contributed by atoms with E-state index in [0.29, 0.717) is 44.7 Å². The van der Waals surface area contributed by atoms with Gasteiger partial charge in [0.2, 0.25) is 5.91 Å². The maximum Gasteiger partial charge on any atom is 0.423 e. The SMILES string of the molecule is Cc1ccc(C2CCN(C(=O)COC3CCC(Nc4ccc([N+](=O)[O-])c(C(F)(F)F)c4)CC3)CC2)cc1. The fourth-order valence-corrected chi connectivity index (χ4v) is 5.20. The highest BCUT2D eigenvalue weighted by Gasteiger charge is 2.38. The molecule has 2 aromatic carbocycles. The highest BCUT2D eigenvalue weighted by Crippen LogP contribution is 2.38. The van der Waals surface area contributed by atoms with Gasteiger partial charge in [0.1, 0.15) is 12.2 Å². The number of hydrogen-bond acceptors (Lipinski definition) is 5. The minimum Gasteiger partial charge on any atom is -0.382 e. The number of hydrogen-bond donors (Lipinski definition) is 1. The molecule has 0 aromatic heterocycles. The van der Waals surface area contributed by atoms with Crippen LogP contribution in [0, 0.1) is 17.0 Å². The van der Waals surface area contributed by atoms with E-state index < -0.39 is 22.4 Å². The summed E-state index contributed by atoms with van der Waals surface area (Å²) in [5.74, 6) is 0.462. The summed E-state index contributed by atoms with van der Waals surface area (Å²) in [7, 11) is 0. The largest absolute Gasteiger partial charge is 0.423 e. The third-order valence-corrected chi connectivity index (χ3v) is 7.38. The molecule has 1 amide bonds. The van der Waals surface area contributed by atoms with Crippen LogP contribution in [0.15, 0.2) is 42.5 Å². The molecule has 0 bridgehead atoms. The maximum atomic E-state index is 13.2. The van der Waals surface area contributed by atoms with Crippen LogP contribution in [-0.4, -0.2) is 47.6 Å². The molecule has 0 unspecified atom stereocenters. The van der Waals surface area contributed by atoms with Crippen molar-refractivity contribution in [2.75, 3.05) is 25.0 Å². The highest BCUT2D eigenvalue weighted by molar-refractivity contribution is 5.77. The van der Waals surface area contributed by atoms with Crippen molar-refractivity contribution >= 4 is 17.3 Å². The number of nitro groups is 1. The molecule has 7 nitrogen and oxygen atoms in total. The van der Waals surface area contributed by atoms with Gasteiger partial charge in [0.15, 0.2) is 0 Å². The molecule has 1 saturated heterocycles. The van der Waals surface area contributed by atoms with Crippen LogP contribution < -0.4 is 5.32 Å². The van der Waals surface area contributed by atoms with Gasteiger partial charge in [0.05, 0.1) is 11.0 Å². The lowest BCUT2D eigenvalue weighted by Crippen LogP contribution is -2.41. The van der Waals surface area contributed by atoms with Gasteiger partial charge >= 0.3 is 6.18 Å². The van der Waals surface area contributed by atoms with Gasteiger partial charge in [-0.3, -0.25) is 14.9 Å². The first kappa shape index (κ1) is 26.9. The summed E-state index contributed by atoms with van der Waals surface area (Å²) in [5.41, 5.74) is 0.537. The maximum absolute atomic E-state index is 13.2. The Labute approximate surface area is 214 Å². The number of alkyl halides is 3. The monoisotopic (exact) mass is 519 g/mol. The van der Waals surface area contributed by atoms with Gasteiger partial charge in [-0.2, -0.15) is 13.2 Å². The van der Waals surface area contributed by atoms with Crippen LogP contribution in [0.4, 0.5) is 24.5 Å². The van der Waals surface area contributed by atoms with Gasteiger partial charge in [-0.25, -0.2) is 0 Å². The molecule has 0 atom stereocenters. The normalized spacial score (nSPS) is 21.0. The van der Waals surface area contributed by atoms with E-state index in [-0.39, 0.29) is 30.3 Å². The lowest BCUT2D eigenvalue weighted by atomic mass is 9.89. The van der Waals surface area contributed by atoms with Crippen molar-refractivity contribution in [2.24, 2.45) is 0 Å². The molecular formula is C27H32F3N3O4. The van der Waals surface area contributed by atoms with Crippen molar-refractivity contribution < 1.29 is 27.6 Å². The summed E-state index contributed by atoms with van der Waals surface area (Å²) in [5, 5.41) is 14.0. The number of nitrogens with one attached hydrogen (secondary N) is 1. The highest BCUT2D eigenvalue weighted by atomic mass is 19.4. The number of nitrogens with zero attached hydrogens (tertiary/aromatic N) is 2. The van der Waals surface area contributed by atoms with E-state index in [4.69, 9.17) is 4.74 Å². The number of nitro benzene ring substituents is 1. The van der Waals surface area contributed by atoms with Crippen LogP contribution in [0.1, 0.15) is 61.1 Å². The second-order valence-electron chi connectivity index (χ2n) is 9.98. The Bertz CT molecular complexity index is 1090. The van der Waals surface area contributed by atoms with Crippen LogP contribution >= 0.6 is 0 Å². The minimum atomic E-state index is -4.81. The van der Waals surface area contributed by atoms with E-state index in [1.807, 2.05) is 4.90 Å². The molecular weight excluding hydrogens is 487 g/mol. The van der Waals surface area contributed by atoms with Gasteiger partial charge in [0.25, 0.3) is 5.69 Å². The van der Waals surface area contributed by atoms with Crippen molar-refractivity contribution in [3.63, 3.8) is 0 Å². The number of piperidine rings is 1. The van der Waals surface area contributed by atoms with Crippen molar-refractivity contribution in [3.05, 3.63) is 69.3 Å². The Morgan fingerprint density at radius 3 is 2.30 bits per heavy atom. The number of rotatable bonds is 7. The molecule has 2 aliphatic rings. The van der Waals surface area contributed by atoms with Crippen molar-refractivity contribution in [2.45, 2.75) is 69.7 Å². The second-order valence-corrected chi connectivity index (χ2v) is 9.98. The van der Waals surface area contributed by atoms with Crippen LogP contribution in [0.2, 0.25) is 0 Å². The predicted octanol–water partition coefficient (Wildman–Crippen LogP) is 6.07. The van der Waals surface area contributed by atoms with E-state index in [2.05, 4.69) is 36.5 Å². The lowest BCUT2D eigenvalue weighted by Gasteiger charge is -2.33. The summed E-state index contributed by atoms with van der Waals surface area (Å²) in [6, 6.07) is 11.5. The number of amides is 1. The molecule has 1 heterocycles. The molecule has 1 saturated carbocycles. The standard InChI is InChI=1S/C27H32F3N3O4/c1-18-2-4-19(5-3-18)20-12-14-32(15-13-20)26(34)17-37-23-9-6-21(7-10-23)31-22-8-11-25(33(35)36)24(16-22)27(28,29)30/h2-5,8,11,16,20-21,23,31H,6-7,9-10,12-15,17H2,1H3. The zero-order chi connectivity index (χ0) is 26.6. The number of carbonyl (C=O) groups excluding carboxylic acids is 1. The number of aryl methyl sites for hydroxylation is 1. The predicted molar refractivity (Wildman–Crippen MR) is 133 cm³/mol. The van der Waals surface area contributed by atoms with Gasteiger partial charge in [-0.1, -0.05) is 29.8 Å². The lowest BCUT2D eigenvalue weighted by molar-refractivity contribution is -0.388. The summed E-state index contributed by atoms with van der Waals surface area (Å²) in [4.78, 5) is 24.5. The smallest absolute Gasteiger partial charge is 0.382 e. The molecule has 37 heavy (non-hydrogen) atoms. The van der Waals surface area contributed by atoms with Crippen LogP contribution in [0.5, 0.6) is 0 Å². The zero-order valence-corrected chi connectivity index (χ0v) is 20.8. The average Bonchev–Trinajstić information content (AvgIpc) is 2.88. The van der Waals surface area contributed by atoms with Gasteiger partial charge in [-0.05, 0) is 69.1 Å². The first-order valence-corrected chi connectivity index (χ1v) is 12.7. The molecule has 10 heteroatoms. The van der Waals surface area contributed by atoms with Gasteiger partial charge in [0, 0.05) is 30.9 Å². The summed E-state index contributed by atoms with van der Waals surface area (Å²) in [6.07, 6.45) is -0.324. The molecule has 1 aliphatic carbocycles. The minimum absolute atomic E-state index is 0.00633. The van der Waals surface area contributed by atoms with Crippen LogP contribution in [-0.2, 0) is 15.7 Å². The van der Waals surface area contributed by atoms with Crippen LogP contribution in [0.3, 0.4) is 0 Å². The Morgan fingerprint density at radius 1 is 1.05 bits per heavy atom. The zero-order valence-electron chi connectivity index (χ0n) is 20.8. The quantitative estimate of drug-likeness (QED) is 0.355. The molecule has 0 radical (unpaired) electrons. The summed E-state index contributed by atoms with van der Waals surface area (Å²) < 4.78 is 45.6. The number of ether oxygens (including phenoxy) is 1. The van der Waals surface area contributed by atoms with Gasteiger partial charge < -0.3 is 15.0 Å². The Balaban J connectivity index is 1.20. The first-order valence-electron chi connectivity index (χ1n) is 12.7. The molecule has 2 aromatic rings. The summed E-state index contributed by atoms with van der Waals surface area (Å²) >= 11 is 0. The number of anilines is 1. The Hall–Kier alpha value is -3.14. The molecule has 200 valence electrons. The number of benzene rings is 2. The molecule has 1 N–H and O–H groups in total. The Morgan fingerprint density at radius 2 is 1.70 bits per heavy atom. The molecule has 1 aliphatic heterocycles. The fraction of sp³-hybridized carbons (Fsp3) is 0.519. The first-order chi connectivity index (χ1) is 17.6. The third-order valence-electron chi connectivity index (χ3n) is 7.38. The number of carbonyl (C=O) groups is 1. The second kappa shape index (κ2) is 11.5. The topological polar surface area (TPSA) is 84.7 Å². The van der Waals surface area contributed by atoms with Crippen LogP contribution in [0.25, 0.3) is 0 Å². The van der Waals surface area contributed by atoms with E-state index in [1.165, 1.54) is 17.2 Å². The molecule has 0 spiro atoms. The number of likely N-dealkylation sites (tertiary alicyclic amines) is 1. The van der Waals surface area contributed by atoms with Gasteiger partial charge in [-0.15, -0.1) is 0 Å². The van der Waals surface area contributed by atoms with E-state index >= 15 is 0 Å². The average molecular weight is 520 g/mol. The molecule has 4 rings (SSSR count).